The number of nitro groups is 1. The first-order valence-corrected chi connectivity index (χ1v) is 8.46. The fraction of sp³-hybridized carbons (Fsp3) is 0.0526. The van der Waals surface area contributed by atoms with Crippen molar-refractivity contribution >= 4 is 29.3 Å². The van der Waals surface area contributed by atoms with Crippen molar-refractivity contribution in [3.05, 3.63) is 82.9 Å². The van der Waals surface area contributed by atoms with Crippen LogP contribution in [-0.4, -0.2) is 38.0 Å². The first-order valence-electron chi connectivity index (χ1n) is 8.46. The van der Waals surface area contributed by atoms with Crippen molar-refractivity contribution in [2.45, 2.75) is 0 Å². The number of amides is 2. The summed E-state index contributed by atoms with van der Waals surface area (Å²) in [6.45, 7) is -0.200. The van der Waals surface area contributed by atoms with Crippen LogP contribution in [0.1, 0.15) is 5.56 Å². The summed E-state index contributed by atoms with van der Waals surface area (Å²) in [5, 5.41) is 19.8. The normalized spacial score (nSPS) is 10.6. The van der Waals surface area contributed by atoms with Crippen LogP contribution in [0.2, 0.25) is 0 Å². The van der Waals surface area contributed by atoms with Gasteiger partial charge in [-0.15, -0.1) is 0 Å². The van der Waals surface area contributed by atoms with Crippen molar-refractivity contribution in [1.29, 1.82) is 0 Å². The molecule has 10 nitrogen and oxygen atoms in total. The van der Waals surface area contributed by atoms with Crippen LogP contribution in [0.5, 0.6) is 0 Å². The maximum atomic E-state index is 12.0. The molecule has 3 aromatic rings. The van der Waals surface area contributed by atoms with E-state index in [1.54, 1.807) is 35.3 Å². The summed E-state index contributed by atoms with van der Waals surface area (Å²) >= 11 is 0. The number of carbonyl (C=O) groups excluding carboxylic acids is 2. The molecule has 2 amide bonds. The summed E-state index contributed by atoms with van der Waals surface area (Å²) in [6.07, 6.45) is 5.74. The summed E-state index contributed by atoms with van der Waals surface area (Å²) in [5.74, 6) is -0.837. The number of non-ortho nitro benzene ring substituents is 1. The van der Waals surface area contributed by atoms with E-state index < -0.39 is 10.8 Å². The van der Waals surface area contributed by atoms with Crippen LogP contribution in [0.3, 0.4) is 0 Å². The molecule has 0 spiro atoms. The summed E-state index contributed by atoms with van der Waals surface area (Å²) in [6, 6.07) is 12.7. The molecule has 146 valence electrons. The van der Waals surface area contributed by atoms with Crippen molar-refractivity contribution in [2.75, 3.05) is 11.9 Å². The monoisotopic (exact) mass is 392 g/mol. The molecule has 0 fully saturated rings. The highest BCUT2D eigenvalue weighted by Crippen LogP contribution is 2.13. The largest absolute Gasteiger partial charge is 0.343 e. The van der Waals surface area contributed by atoms with E-state index in [0.717, 1.165) is 5.69 Å². The molecule has 0 radical (unpaired) electrons. The van der Waals surface area contributed by atoms with Gasteiger partial charge >= 0.3 is 0 Å². The second-order valence-electron chi connectivity index (χ2n) is 5.83. The van der Waals surface area contributed by atoms with E-state index in [4.69, 9.17) is 0 Å². The van der Waals surface area contributed by atoms with Crippen LogP contribution in [0.4, 0.5) is 11.4 Å². The Morgan fingerprint density at radius 1 is 1.10 bits per heavy atom. The van der Waals surface area contributed by atoms with E-state index in [1.165, 1.54) is 42.7 Å². The quantitative estimate of drug-likeness (QED) is 0.359. The first kappa shape index (κ1) is 19.4. The van der Waals surface area contributed by atoms with Gasteiger partial charge in [0.1, 0.15) is 12.7 Å². The number of aromatic nitrogens is 3. The van der Waals surface area contributed by atoms with Gasteiger partial charge < -0.3 is 10.6 Å². The number of nitrogens with one attached hydrogen (secondary N) is 2. The lowest BCUT2D eigenvalue weighted by Crippen LogP contribution is -2.31. The van der Waals surface area contributed by atoms with Gasteiger partial charge in [0.05, 0.1) is 17.2 Å². The van der Waals surface area contributed by atoms with Gasteiger partial charge in [-0.2, -0.15) is 5.10 Å². The lowest BCUT2D eigenvalue weighted by Gasteiger charge is -2.07. The van der Waals surface area contributed by atoms with E-state index in [9.17, 15) is 19.7 Å². The molecular formula is C19H16N6O4. The predicted molar refractivity (Wildman–Crippen MR) is 105 cm³/mol. The number of anilines is 1. The van der Waals surface area contributed by atoms with Gasteiger partial charge in [0.15, 0.2) is 0 Å². The Labute approximate surface area is 165 Å². The number of hydrogen-bond acceptors (Lipinski definition) is 6. The number of nitro benzene ring substituents is 1. The second-order valence-corrected chi connectivity index (χ2v) is 5.83. The zero-order valence-corrected chi connectivity index (χ0v) is 15.1. The molecule has 0 aliphatic heterocycles. The Hall–Kier alpha value is -4.34. The molecule has 0 aliphatic carbocycles. The Morgan fingerprint density at radius 2 is 1.83 bits per heavy atom. The lowest BCUT2D eigenvalue weighted by atomic mass is 10.2. The minimum absolute atomic E-state index is 0.0300. The standard InChI is InChI=1S/C19H16N6O4/c26-18(10-3-14-1-6-17(7-2-14)25(28)29)21-11-19(27)23-15-4-8-16(9-5-15)24-13-20-12-22-24/h1-10,12-13H,11H2,(H,21,26)(H,23,27)/b10-3+. The average Bonchev–Trinajstić information content (AvgIpc) is 3.26. The van der Waals surface area contributed by atoms with Crippen molar-refractivity contribution in [2.24, 2.45) is 0 Å². The van der Waals surface area contributed by atoms with Gasteiger partial charge in [-0.05, 0) is 48.0 Å². The van der Waals surface area contributed by atoms with E-state index in [1.807, 2.05) is 0 Å². The topological polar surface area (TPSA) is 132 Å². The molecule has 0 saturated heterocycles. The number of nitrogens with zero attached hydrogens (tertiary/aromatic N) is 4. The number of rotatable bonds is 7. The lowest BCUT2D eigenvalue weighted by molar-refractivity contribution is -0.384. The molecule has 2 aromatic carbocycles. The molecule has 0 aliphatic rings. The summed E-state index contributed by atoms with van der Waals surface area (Å²) in [4.78, 5) is 37.8. The zero-order chi connectivity index (χ0) is 20.6. The summed E-state index contributed by atoms with van der Waals surface area (Å²) in [5.41, 5.74) is 1.97. The van der Waals surface area contributed by atoms with Crippen LogP contribution in [-0.2, 0) is 9.59 Å². The molecule has 29 heavy (non-hydrogen) atoms. The molecule has 0 atom stereocenters. The molecule has 10 heteroatoms. The van der Waals surface area contributed by atoms with Gasteiger partial charge in [0.2, 0.25) is 11.8 Å². The van der Waals surface area contributed by atoms with Gasteiger partial charge in [0, 0.05) is 23.9 Å². The molecule has 1 aromatic heterocycles. The second kappa shape index (κ2) is 9.04. The van der Waals surface area contributed by atoms with E-state index in [0.29, 0.717) is 11.3 Å². The third kappa shape index (κ3) is 5.57. The van der Waals surface area contributed by atoms with E-state index >= 15 is 0 Å². The van der Waals surface area contributed by atoms with Gasteiger partial charge in [-0.1, -0.05) is 0 Å². The minimum Gasteiger partial charge on any atom is -0.343 e. The van der Waals surface area contributed by atoms with Crippen LogP contribution < -0.4 is 10.6 Å². The van der Waals surface area contributed by atoms with Crippen molar-refractivity contribution < 1.29 is 14.5 Å². The van der Waals surface area contributed by atoms with Crippen LogP contribution in [0, 0.1) is 10.1 Å². The molecule has 2 N–H and O–H groups in total. The molecular weight excluding hydrogens is 376 g/mol. The minimum atomic E-state index is -0.499. The molecule has 1 heterocycles. The first-order chi connectivity index (χ1) is 14.0. The van der Waals surface area contributed by atoms with Crippen molar-refractivity contribution in [3.63, 3.8) is 0 Å². The smallest absolute Gasteiger partial charge is 0.269 e. The highest BCUT2D eigenvalue weighted by atomic mass is 16.6. The fourth-order valence-corrected chi connectivity index (χ4v) is 2.35. The highest BCUT2D eigenvalue weighted by Gasteiger charge is 2.06. The van der Waals surface area contributed by atoms with Crippen molar-refractivity contribution in [1.82, 2.24) is 20.1 Å². The summed E-state index contributed by atoms with van der Waals surface area (Å²) < 4.78 is 1.59. The fourth-order valence-electron chi connectivity index (χ4n) is 2.35. The van der Waals surface area contributed by atoms with Crippen molar-refractivity contribution in [3.8, 4) is 5.69 Å². The maximum absolute atomic E-state index is 12.0. The molecule has 3 rings (SSSR count). The highest BCUT2D eigenvalue weighted by molar-refractivity contribution is 5.98. The number of benzene rings is 2. The Morgan fingerprint density at radius 3 is 2.45 bits per heavy atom. The third-order valence-corrected chi connectivity index (χ3v) is 3.79. The molecule has 0 bridgehead atoms. The Kier molecular flexibility index (Phi) is 6.05. The molecule has 0 unspecified atom stereocenters. The van der Waals surface area contributed by atoms with Crippen LogP contribution in [0.25, 0.3) is 11.8 Å². The van der Waals surface area contributed by atoms with E-state index in [2.05, 4.69) is 20.7 Å². The maximum Gasteiger partial charge on any atom is 0.269 e. The molecule has 0 saturated carbocycles. The zero-order valence-electron chi connectivity index (χ0n) is 15.1. The number of hydrogen-bond donors (Lipinski definition) is 2. The third-order valence-electron chi connectivity index (χ3n) is 3.79. The van der Waals surface area contributed by atoms with Crippen LogP contribution >= 0.6 is 0 Å². The number of carbonyl (C=O) groups is 2. The Bertz CT molecular complexity index is 1030. The summed E-state index contributed by atoms with van der Waals surface area (Å²) in [7, 11) is 0. The van der Waals surface area contributed by atoms with Gasteiger partial charge in [0.25, 0.3) is 5.69 Å². The SMILES string of the molecule is O=C(/C=C/c1ccc([N+](=O)[O-])cc1)NCC(=O)Nc1ccc(-n2cncn2)cc1. The van der Waals surface area contributed by atoms with Gasteiger partial charge in [-0.25, -0.2) is 9.67 Å². The predicted octanol–water partition coefficient (Wildman–Crippen LogP) is 1.94. The Balaban J connectivity index is 1.46. The van der Waals surface area contributed by atoms with Crippen LogP contribution in [0.15, 0.2) is 67.3 Å². The van der Waals surface area contributed by atoms with E-state index in [-0.39, 0.29) is 18.1 Å². The van der Waals surface area contributed by atoms with Gasteiger partial charge in [-0.3, -0.25) is 19.7 Å². The average molecular weight is 392 g/mol.